The van der Waals surface area contributed by atoms with E-state index < -0.39 is 177 Å². The standard InChI is InChI=1S/C24BF20.C10H5IO6/c26-5-1(6(27)14(35)21(42)13(5)34)25(2-7(28)15(36)22(43)16(37)8(2)29,3-9(30)17(38)23(44)18(39)10(3)31)4-11(32)19(40)24(45)20(41)12(4)33;12-9(13)5-1-3-7(16-5)11-8-4-2-6(17-8)10(14)15/h;1-4H,(H-,12,13,14,15)/q-1;/p+1. The van der Waals surface area contributed by atoms with Crippen LogP contribution in [0.3, 0.4) is 0 Å². The second-order valence-electron chi connectivity index (χ2n) is 11.7. The number of carboxylic acid groups (broad SMARTS) is 2. The van der Waals surface area contributed by atoms with Gasteiger partial charge in [0.25, 0.3) is 0 Å². The molecule has 0 unspecified atom stereocenters. The first kappa shape index (κ1) is 46.8. The van der Waals surface area contributed by atoms with Crippen LogP contribution in [0.25, 0.3) is 0 Å². The number of halogens is 21. The van der Waals surface area contributed by atoms with E-state index in [1.54, 1.807) is 12.1 Å². The Kier molecular flexibility index (Phi) is 12.8. The second kappa shape index (κ2) is 16.9. The van der Waals surface area contributed by atoms with Gasteiger partial charge in [-0.3, -0.25) is 0 Å². The van der Waals surface area contributed by atoms with Crippen molar-refractivity contribution >= 4 is 39.9 Å². The van der Waals surface area contributed by atoms with Gasteiger partial charge in [0.2, 0.25) is 11.5 Å². The van der Waals surface area contributed by atoms with Gasteiger partial charge in [-0.2, -0.15) is 0 Å². The predicted molar refractivity (Wildman–Crippen MR) is 158 cm³/mol. The van der Waals surface area contributed by atoms with Gasteiger partial charge in [0, 0.05) is 12.1 Å². The fourth-order valence-electron chi connectivity index (χ4n) is 5.93. The second-order valence-corrected chi connectivity index (χ2v) is 14.4. The minimum absolute atomic E-state index is 0.135. The van der Waals surface area contributed by atoms with Crippen molar-refractivity contribution in [2.24, 2.45) is 0 Å². The van der Waals surface area contributed by atoms with Gasteiger partial charge in [-0.05, 0) is 12.1 Å². The van der Waals surface area contributed by atoms with Gasteiger partial charge < -0.3 is 19.0 Å². The van der Waals surface area contributed by atoms with Crippen molar-refractivity contribution in [1.29, 1.82) is 0 Å². The van der Waals surface area contributed by atoms with Crippen LogP contribution in [-0.4, -0.2) is 28.3 Å². The fraction of sp³-hybridized carbons (Fsp3) is 0. The van der Waals surface area contributed by atoms with E-state index in [-0.39, 0.29) is 11.5 Å². The van der Waals surface area contributed by atoms with Crippen molar-refractivity contribution in [3.8, 4) is 0 Å². The van der Waals surface area contributed by atoms with Gasteiger partial charge in [0.1, 0.15) is 52.7 Å². The third-order valence-corrected chi connectivity index (χ3v) is 10.7. The van der Waals surface area contributed by atoms with Gasteiger partial charge in [-0.25, -0.2) is 97.4 Å². The number of aromatic carboxylic acids is 2. The number of hydrogen-bond acceptors (Lipinski definition) is 4. The molecular formula is C34H6BF20IO6. The van der Waals surface area contributed by atoms with E-state index in [1.807, 2.05) is 0 Å². The van der Waals surface area contributed by atoms with E-state index in [4.69, 9.17) is 19.0 Å². The summed E-state index contributed by atoms with van der Waals surface area (Å²) in [7, 11) is 0. The molecule has 6 nitrogen and oxygen atoms in total. The molecule has 2 heterocycles. The van der Waals surface area contributed by atoms with Crippen LogP contribution in [0, 0.1) is 124 Å². The molecule has 0 bridgehead atoms. The van der Waals surface area contributed by atoms with E-state index in [0.29, 0.717) is 7.53 Å². The summed E-state index contributed by atoms with van der Waals surface area (Å²) in [6, 6.07) is 5.83. The molecule has 0 fully saturated rings. The Morgan fingerprint density at radius 2 is 0.516 bits per heavy atom. The minimum atomic E-state index is -7.22. The van der Waals surface area contributed by atoms with Gasteiger partial charge in [0.05, 0.1) is 0 Å². The minimum Gasteiger partial charge on any atom is -0.475 e. The number of carboxylic acids is 2. The zero-order valence-corrected chi connectivity index (χ0v) is 30.5. The van der Waals surface area contributed by atoms with Crippen molar-refractivity contribution in [3.63, 3.8) is 0 Å². The summed E-state index contributed by atoms with van der Waals surface area (Å²) >= 11 is -0.841. The fourth-order valence-corrected chi connectivity index (χ4v) is 7.86. The molecule has 0 aliphatic carbocycles. The van der Waals surface area contributed by atoms with Crippen molar-refractivity contribution in [2.45, 2.75) is 0 Å². The molecular weight excluding hydrogens is 1020 g/mol. The Hall–Kier alpha value is -6.23. The van der Waals surface area contributed by atoms with Crippen molar-refractivity contribution in [1.82, 2.24) is 0 Å². The van der Waals surface area contributed by atoms with E-state index in [1.165, 1.54) is 12.1 Å². The molecule has 6 rings (SSSR count). The lowest BCUT2D eigenvalue weighted by atomic mass is 9.12. The van der Waals surface area contributed by atoms with Crippen LogP contribution in [0.15, 0.2) is 33.1 Å². The van der Waals surface area contributed by atoms with E-state index in [0.717, 1.165) is 0 Å². The van der Waals surface area contributed by atoms with E-state index in [9.17, 15) is 62.3 Å². The highest BCUT2D eigenvalue weighted by Gasteiger charge is 2.52. The smallest absolute Gasteiger partial charge is 0.443 e. The molecule has 62 heavy (non-hydrogen) atoms. The monoisotopic (exact) mass is 1030 g/mol. The molecule has 28 heteroatoms. The summed E-state index contributed by atoms with van der Waals surface area (Å²) < 4.78 is 305. The number of rotatable bonds is 8. The molecule has 328 valence electrons. The molecule has 0 saturated heterocycles. The Morgan fingerprint density at radius 1 is 0.339 bits per heavy atom. The average molecular weight is 1030 g/mol. The third-order valence-electron chi connectivity index (χ3n) is 8.46. The molecule has 0 atom stereocenters. The first-order chi connectivity index (χ1) is 28.8. The maximum Gasteiger partial charge on any atom is 0.443 e. The normalized spacial score (nSPS) is 11.5. The van der Waals surface area contributed by atoms with Crippen LogP contribution in [-0.2, 0) is 0 Å². The summed E-state index contributed by atoms with van der Waals surface area (Å²) in [5.74, 6) is -73.9. The first-order valence-electron chi connectivity index (χ1n) is 15.3. The maximum atomic E-state index is 15.4. The van der Waals surface area contributed by atoms with Crippen molar-refractivity contribution in [3.05, 3.63) is 160 Å². The number of furan rings is 2. The number of hydrogen-bond donors (Lipinski definition) is 2. The molecule has 4 aromatic carbocycles. The van der Waals surface area contributed by atoms with Crippen molar-refractivity contribution in [2.75, 3.05) is 0 Å². The summed E-state index contributed by atoms with van der Waals surface area (Å²) in [5.41, 5.74) is -14.3. The third kappa shape index (κ3) is 7.25. The largest absolute Gasteiger partial charge is 0.475 e. The van der Waals surface area contributed by atoms with Crippen LogP contribution in [0.5, 0.6) is 0 Å². The zero-order valence-electron chi connectivity index (χ0n) is 28.4. The van der Waals surface area contributed by atoms with E-state index in [2.05, 4.69) is 0 Å². The molecule has 2 aromatic heterocycles. The van der Waals surface area contributed by atoms with Crippen LogP contribution >= 0.6 is 0 Å². The summed E-state index contributed by atoms with van der Waals surface area (Å²) in [4.78, 5) is 21.2. The Morgan fingerprint density at radius 3 is 0.677 bits per heavy atom. The molecule has 6 aromatic rings. The molecule has 0 spiro atoms. The van der Waals surface area contributed by atoms with Crippen LogP contribution in [0.4, 0.5) is 87.8 Å². The lowest BCUT2D eigenvalue weighted by Gasteiger charge is -2.44. The lowest BCUT2D eigenvalue weighted by Crippen LogP contribution is -3.61. The summed E-state index contributed by atoms with van der Waals surface area (Å²) in [6.07, 6.45) is -7.22. The molecule has 0 aliphatic heterocycles. The van der Waals surface area contributed by atoms with Crippen LogP contribution < -0.4 is 43.1 Å². The van der Waals surface area contributed by atoms with Crippen molar-refractivity contribution < 1.29 is 138 Å². The highest BCUT2D eigenvalue weighted by molar-refractivity contribution is 7.20. The Bertz CT molecular complexity index is 2430. The molecule has 0 aliphatic rings. The quantitative estimate of drug-likeness (QED) is 0.0779. The SMILES string of the molecule is Fc1c(F)c(F)c([B-](c2c(F)c(F)c(F)c(F)c2F)(c2c(F)c(F)c(F)c(F)c2F)c2c(F)c(F)c(F)c(F)c2F)c(F)c1F.O=C(O)c1ccc([I+]c2ccc(C(=O)O)o2)o1. The van der Waals surface area contributed by atoms with Crippen LogP contribution in [0.2, 0.25) is 0 Å². The highest BCUT2D eigenvalue weighted by atomic mass is 127. The number of carbonyl (C=O) groups is 2. The highest BCUT2D eigenvalue weighted by Crippen LogP contribution is 2.30. The van der Waals surface area contributed by atoms with E-state index >= 15 is 35.1 Å². The predicted octanol–water partition coefficient (Wildman–Crippen LogP) is 4.24. The van der Waals surface area contributed by atoms with Gasteiger partial charge in [0.15, 0.2) is 69.8 Å². The van der Waals surface area contributed by atoms with Crippen LogP contribution in [0.1, 0.15) is 21.1 Å². The van der Waals surface area contributed by atoms with Gasteiger partial charge in [-0.1, -0.05) is 0 Å². The zero-order chi connectivity index (χ0) is 46.8. The average Bonchev–Trinajstić information content (AvgIpc) is 3.91. The summed E-state index contributed by atoms with van der Waals surface area (Å²) in [6.45, 7) is 0. The maximum absolute atomic E-state index is 15.4. The molecule has 0 amide bonds. The number of benzene rings is 4. The molecule has 0 saturated carbocycles. The Balaban J connectivity index is 0.000000355. The summed E-state index contributed by atoms with van der Waals surface area (Å²) in [5, 5.41) is 17.3. The van der Waals surface area contributed by atoms with Gasteiger partial charge >= 0.3 is 40.7 Å². The first-order valence-corrected chi connectivity index (χ1v) is 17.5. The Labute approximate surface area is 336 Å². The lowest BCUT2D eigenvalue weighted by molar-refractivity contribution is -0.636. The molecule has 2 N–H and O–H groups in total. The molecule has 0 radical (unpaired) electrons. The van der Waals surface area contributed by atoms with Gasteiger partial charge in [-0.15, -0.1) is 21.9 Å². The topological polar surface area (TPSA) is 101 Å².